The lowest BCUT2D eigenvalue weighted by Crippen LogP contribution is -2.27. The third-order valence-electron chi connectivity index (χ3n) is 6.01. The van der Waals surface area contributed by atoms with E-state index in [0.717, 1.165) is 18.5 Å². The first kappa shape index (κ1) is 24.8. The third kappa shape index (κ3) is 4.91. The van der Waals surface area contributed by atoms with Gasteiger partial charge in [0.15, 0.2) is 17.3 Å². The van der Waals surface area contributed by atoms with E-state index in [4.69, 9.17) is 9.72 Å². The van der Waals surface area contributed by atoms with Crippen LogP contribution in [0.2, 0.25) is 0 Å². The summed E-state index contributed by atoms with van der Waals surface area (Å²) in [7, 11) is 1.85. The molecule has 1 unspecified atom stereocenters. The molecule has 0 spiro atoms. The summed E-state index contributed by atoms with van der Waals surface area (Å²) in [6.45, 7) is 4.09. The van der Waals surface area contributed by atoms with Crippen molar-refractivity contribution in [1.82, 2.24) is 39.2 Å². The highest BCUT2D eigenvalue weighted by Crippen LogP contribution is 2.44. The van der Waals surface area contributed by atoms with Crippen molar-refractivity contribution in [3.63, 3.8) is 0 Å². The van der Waals surface area contributed by atoms with E-state index < -0.39 is 11.0 Å². The average Bonchev–Trinajstić information content (AvgIpc) is 3.76. The molecule has 0 amide bonds. The van der Waals surface area contributed by atoms with Crippen molar-refractivity contribution >= 4 is 28.0 Å². The Hall–Kier alpha value is -3.84. The number of anilines is 1. The minimum atomic E-state index is -1.31. The van der Waals surface area contributed by atoms with Crippen LogP contribution in [-0.2, 0) is 17.5 Å². The van der Waals surface area contributed by atoms with Gasteiger partial charge in [-0.3, -0.25) is 14.3 Å². The Bertz CT molecular complexity index is 1540. The summed E-state index contributed by atoms with van der Waals surface area (Å²) in [6.07, 6.45) is 6.71. The molecule has 1 aliphatic carbocycles. The summed E-state index contributed by atoms with van der Waals surface area (Å²) in [5.41, 5.74) is 2.75. The predicted octanol–water partition coefficient (Wildman–Crippen LogP) is 2.36. The molecule has 1 fully saturated rings. The van der Waals surface area contributed by atoms with Crippen molar-refractivity contribution < 1.29 is 8.95 Å². The van der Waals surface area contributed by atoms with Crippen LogP contribution < -0.4 is 20.3 Å². The topological polar surface area (TPSA) is 150 Å². The first-order valence-corrected chi connectivity index (χ1v) is 13.0. The van der Waals surface area contributed by atoms with E-state index in [0.29, 0.717) is 44.9 Å². The van der Waals surface area contributed by atoms with E-state index in [9.17, 15) is 9.00 Å². The fourth-order valence-corrected chi connectivity index (χ4v) is 4.62. The largest absolute Gasteiger partial charge is 0.480 e. The zero-order chi connectivity index (χ0) is 26.1. The summed E-state index contributed by atoms with van der Waals surface area (Å²) in [4.78, 5) is 40.9. The molecular formula is C24H27N9O3S. The quantitative estimate of drug-likeness (QED) is 0.336. The second-order valence-electron chi connectivity index (χ2n) is 8.86. The molecule has 4 heterocycles. The molecule has 37 heavy (non-hydrogen) atoms. The summed E-state index contributed by atoms with van der Waals surface area (Å²) < 4.78 is 21.6. The van der Waals surface area contributed by atoms with E-state index in [1.165, 1.54) is 12.5 Å². The highest BCUT2D eigenvalue weighted by atomic mass is 32.2. The number of methoxy groups -OCH3 is 1. The second-order valence-corrected chi connectivity index (χ2v) is 10.3. The van der Waals surface area contributed by atoms with E-state index in [1.54, 1.807) is 37.1 Å². The number of aromatic nitrogens is 7. The normalized spacial score (nSPS) is 14.2. The van der Waals surface area contributed by atoms with Crippen LogP contribution >= 0.6 is 0 Å². The van der Waals surface area contributed by atoms with Crippen molar-refractivity contribution in [2.75, 3.05) is 19.5 Å². The van der Waals surface area contributed by atoms with Gasteiger partial charge in [0, 0.05) is 18.2 Å². The van der Waals surface area contributed by atoms with Crippen molar-refractivity contribution in [2.24, 2.45) is 0 Å². The van der Waals surface area contributed by atoms with Gasteiger partial charge < -0.3 is 10.1 Å². The molecule has 0 radical (unpaired) electrons. The number of hydrogen-bond acceptors (Lipinski definition) is 10. The van der Waals surface area contributed by atoms with Gasteiger partial charge >= 0.3 is 0 Å². The Labute approximate surface area is 215 Å². The van der Waals surface area contributed by atoms with Crippen molar-refractivity contribution in [3.8, 4) is 17.3 Å². The lowest BCUT2D eigenvalue weighted by Gasteiger charge is -2.16. The fraction of sp³-hybridized carbons (Fsp3) is 0.375. The predicted molar refractivity (Wildman–Crippen MR) is 139 cm³/mol. The molecule has 1 saturated carbocycles. The van der Waals surface area contributed by atoms with Gasteiger partial charge in [0.05, 0.1) is 36.1 Å². The van der Waals surface area contributed by atoms with Crippen LogP contribution in [0, 0.1) is 0 Å². The molecule has 0 aromatic carbocycles. The standard InChI is InChI=1S/C24H27N9O3S/c1-13(2)33-22-17(11-28-20(32-22)18-19(14-5-6-14)29-12-30-23(18)36-4)31-21(24(33)34)27-9-15-7-8-16(10-26-15)37(35)25-3/h7-8,10-14,25H,5-6,9H2,1-4H3,(H,27,31). The lowest BCUT2D eigenvalue weighted by molar-refractivity contribution is 0.397. The molecule has 4 aromatic heterocycles. The number of rotatable bonds is 9. The minimum absolute atomic E-state index is 0.168. The second kappa shape index (κ2) is 10.3. The lowest BCUT2D eigenvalue weighted by atomic mass is 10.1. The number of pyridine rings is 1. The number of nitrogens with zero attached hydrogens (tertiary/aromatic N) is 7. The Morgan fingerprint density at radius 1 is 1.14 bits per heavy atom. The van der Waals surface area contributed by atoms with Gasteiger partial charge in [-0.15, -0.1) is 0 Å². The molecule has 12 nitrogen and oxygen atoms in total. The molecule has 1 atom stereocenters. The van der Waals surface area contributed by atoms with Gasteiger partial charge in [-0.05, 0) is 45.9 Å². The maximum absolute atomic E-state index is 13.4. The molecule has 0 bridgehead atoms. The maximum atomic E-state index is 13.4. The third-order valence-corrected chi connectivity index (χ3v) is 7.05. The summed E-state index contributed by atoms with van der Waals surface area (Å²) in [5.74, 6) is 1.29. The van der Waals surface area contributed by atoms with Gasteiger partial charge in [-0.1, -0.05) is 0 Å². The molecule has 5 rings (SSSR count). The van der Waals surface area contributed by atoms with E-state index >= 15 is 0 Å². The first-order valence-electron chi connectivity index (χ1n) is 11.9. The molecular weight excluding hydrogens is 494 g/mol. The molecule has 192 valence electrons. The summed E-state index contributed by atoms with van der Waals surface area (Å²) >= 11 is 0. The van der Waals surface area contributed by atoms with E-state index in [2.05, 4.69) is 35.0 Å². The molecule has 2 N–H and O–H groups in total. The van der Waals surface area contributed by atoms with Crippen LogP contribution in [0.3, 0.4) is 0 Å². The first-order chi connectivity index (χ1) is 17.9. The highest BCUT2D eigenvalue weighted by Gasteiger charge is 2.31. The maximum Gasteiger partial charge on any atom is 0.295 e. The van der Waals surface area contributed by atoms with Crippen molar-refractivity contribution in [2.45, 2.75) is 50.1 Å². The van der Waals surface area contributed by atoms with Crippen molar-refractivity contribution in [1.29, 1.82) is 0 Å². The number of ether oxygens (including phenoxy) is 1. The van der Waals surface area contributed by atoms with Crippen LogP contribution in [0.25, 0.3) is 22.6 Å². The summed E-state index contributed by atoms with van der Waals surface area (Å²) in [5, 5.41) is 3.08. The molecule has 13 heteroatoms. The van der Waals surface area contributed by atoms with Crippen LogP contribution in [-0.4, -0.2) is 52.8 Å². The molecule has 4 aromatic rings. The number of nitrogens with one attached hydrogen (secondary N) is 2. The molecule has 0 saturated heterocycles. The minimum Gasteiger partial charge on any atom is -0.480 e. The van der Waals surface area contributed by atoms with Crippen LogP contribution in [0.15, 0.2) is 40.5 Å². The number of fused-ring (bicyclic) bond motifs is 1. The van der Waals surface area contributed by atoms with Gasteiger partial charge in [0.2, 0.25) is 5.88 Å². The Balaban J connectivity index is 1.52. The van der Waals surface area contributed by atoms with E-state index in [-0.39, 0.29) is 24.0 Å². The van der Waals surface area contributed by atoms with Gasteiger partial charge in [0.1, 0.15) is 28.4 Å². The monoisotopic (exact) mass is 521 g/mol. The van der Waals surface area contributed by atoms with Crippen molar-refractivity contribution in [3.05, 3.63) is 52.6 Å². The molecule has 1 aliphatic rings. The summed E-state index contributed by atoms with van der Waals surface area (Å²) in [6, 6.07) is 3.29. The van der Waals surface area contributed by atoms with Crippen LogP contribution in [0.5, 0.6) is 5.88 Å². The number of hydrogen-bond donors (Lipinski definition) is 2. The zero-order valence-corrected chi connectivity index (χ0v) is 21.7. The molecule has 0 aliphatic heterocycles. The zero-order valence-electron chi connectivity index (χ0n) is 20.9. The van der Waals surface area contributed by atoms with Gasteiger partial charge in [0.25, 0.3) is 5.56 Å². The SMILES string of the molecule is CNS(=O)c1ccc(CNc2nc3cnc(-c4c(OC)ncnc4C4CC4)nc3n(C(C)C)c2=O)nc1. The Kier molecular flexibility index (Phi) is 6.89. The van der Waals surface area contributed by atoms with Gasteiger partial charge in [-0.2, -0.15) is 0 Å². The van der Waals surface area contributed by atoms with Crippen LogP contribution in [0.4, 0.5) is 5.82 Å². The van der Waals surface area contributed by atoms with Crippen LogP contribution in [0.1, 0.15) is 50.0 Å². The highest BCUT2D eigenvalue weighted by molar-refractivity contribution is 7.83. The fourth-order valence-electron chi connectivity index (χ4n) is 4.05. The Morgan fingerprint density at radius 3 is 2.59 bits per heavy atom. The average molecular weight is 522 g/mol. The smallest absolute Gasteiger partial charge is 0.295 e. The Morgan fingerprint density at radius 2 is 1.95 bits per heavy atom. The van der Waals surface area contributed by atoms with E-state index in [1.807, 2.05) is 13.8 Å². The van der Waals surface area contributed by atoms with Gasteiger partial charge in [-0.25, -0.2) is 33.9 Å².